The summed E-state index contributed by atoms with van der Waals surface area (Å²) in [6.45, 7) is 6.65. The van der Waals surface area contributed by atoms with Crippen LogP contribution >= 0.6 is 23.1 Å². The van der Waals surface area contributed by atoms with Crippen LogP contribution in [0.15, 0.2) is 113 Å². The van der Waals surface area contributed by atoms with Crippen molar-refractivity contribution in [1.82, 2.24) is 10.2 Å². The predicted octanol–water partition coefficient (Wildman–Crippen LogP) is 8.47. The van der Waals surface area contributed by atoms with Gasteiger partial charge in [-0.3, -0.25) is 14.5 Å². The van der Waals surface area contributed by atoms with Gasteiger partial charge in [0, 0.05) is 11.3 Å². The van der Waals surface area contributed by atoms with Crippen molar-refractivity contribution in [3.8, 4) is 5.75 Å². The van der Waals surface area contributed by atoms with E-state index in [0.717, 1.165) is 22.3 Å². The van der Waals surface area contributed by atoms with Crippen molar-refractivity contribution < 1.29 is 19.4 Å². The highest BCUT2D eigenvalue weighted by Gasteiger charge is 2.48. The van der Waals surface area contributed by atoms with Gasteiger partial charge >= 0.3 is 5.91 Å². The summed E-state index contributed by atoms with van der Waals surface area (Å²) in [5.74, 6) is -0.168. The number of aliphatic hydroxyl groups is 1. The quantitative estimate of drug-likeness (QED) is 0.0534. The van der Waals surface area contributed by atoms with Gasteiger partial charge in [-0.2, -0.15) is 0 Å². The second-order valence-electron chi connectivity index (χ2n) is 11.4. The Bertz CT molecular complexity index is 1880. The lowest BCUT2D eigenvalue weighted by atomic mass is 9.93. The summed E-state index contributed by atoms with van der Waals surface area (Å²) in [7, 11) is 0. The Hall–Kier alpha value is -4.73. The lowest BCUT2D eigenvalue weighted by Crippen LogP contribution is -2.29. The Kier molecular flexibility index (Phi) is 9.33. The molecule has 0 spiro atoms. The molecule has 1 aliphatic rings. The molecule has 46 heavy (non-hydrogen) atoms. The van der Waals surface area contributed by atoms with Crippen LogP contribution in [0, 0.1) is 6.92 Å². The molecule has 7 nitrogen and oxygen atoms in total. The average molecular weight is 648 g/mol. The zero-order valence-corrected chi connectivity index (χ0v) is 27.3. The third kappa shape index (κ3) is 6.61. The molecule has 0 radical (unpaired) electrons. The number of aliphatic hydroxyl groups excluding tert-OH is 1. The van der Waals surface area contributed by atoms with Crippen molar-refractivity contribution in [3.05, 3.63) is 142 Å². The molecule has 5 aromatic rings. The fourth-order valence-corrected chi connectivity index (χ4v) is 7.11. The minimum atomic E-state index is -0.877. The van der Waals surface area contributed by atoms with Crippen LogP contribution in [0.25, 0.3) is 5.76 Å². The Morgan fingerprint density at radius 1 is 0.913 bits per heavy atom. The molecule has 9 heteroatoms. The van der Waals surface area contributed by atoms with Crippen LogP contribution in [0.5, 0.6) is 5.75 Å². The predicted molar refractivity (Wildman–Crippen MR) is 183 cm³/mol. The molecular formula is C37H33N3O4S2. The minimum Gasteiger partial charge on any atom is -0.507 e. The number of carbonyl (C=O) groups excluding carboxylic acids is 2. The van der Waals surface area contributed by atoms with Gasteiger partial charge in [0.2, 0.25) is 5.13 Å². The molecule has 0 saturated carbocycles. The van der Waals surface area contributed by atoms with Gasteiger partial charge in [0.05, 0.1) is 11.6 Å². The fraction of sp³-hybridized carbons (Fsp3) is 0.189. The molecule has 1 unspecified atom stereocenters. The molecule has 1 aliphatic heterocycles. The van der Waals surface area contributed by atoms with Gasteiger partial charge in [0.25, 0.3) is 5.78 Å². The number of ketones is 1. The van der Waals surface area contributed by atoms with Crippen LogP contribution in [0.2, 0.25) is 0 Å². The van der Waals surface area contributed by atoms with Crippen LogP contribution < -0.4 is 9.64 Å². The van der Waals surface area contributed by atoms with E-state index in [9.17, 15) is 14.7 Å². The molecule has 1 amide bonds. The second-order valence-corrected chi connectivity index (χ2v) is 13.5. The monoisotopic (exact) mass is 647 g/mol. The molecular weight excluding hydrogens is 615 g/mol. The number of ether oxygens (including phenoxy) is 1. The largest absolute Gasteiger partial charge is 0.507 e. The summed E-state index contributed by atoms with van der Waals surface area (Å²) >= 11 is 2.77. The lowest BCUT2D eigenvalue weighted by Gasteiger charge is -2.23. The molecule has 1 saturated heterocycles. The molecule has 232 valence electrons. The Morgan fingerprint density at radius 2 is 1.61 bits per heavy atom. The van der Waals surface area contributed by atoms with E-state index >= 15 is 0 Å². The van der Waals surface area contributed by atoms with E-state index in [-0.39, 0.29) is 11.3 Å². The number of aromatic nitrogens is 2. The van der Waals surface area contributed by atoms with E-state index in [0.29, 0.717) is 44.6 Å². The fourth-order valence-electron chi connectivity index (χ4n) is 5.28. The highest BCUT2D eigenvalue weighted by molar-refractivity contribution is 8.00. The second kappa shape index (κ2) is 13.7. The molecule has 0 bridgehead atoms. The van der Waals surface area contributed by atoms with Crippen molar-refractivity contribution in [2.75, 3.05) is 4.90 Å². The summed E-state index contributed by atoms with van der Waals surface area (Å²) < 4.78 is 6.65. The van der Waals surface area contributed by atoms with Crippen LogP contribution in [0.1, 0.15) is 59.2 Å². The normalized spacial score (nSPS) is 15.9. The molecule has 1 fully saturated rings. The molecule has 1 N–H and O–H groups in total. The minimum absolute atomic E-state index is 0.00423. The van der Waals surface area contributed by atoms with Gasteiger partial charge in [-0.1, -0.05) is 116 Å². The topological polar surface area (TPSA) is 92.6 Å². The Balaban J connectivity index is 1.32. The molecule has 6 rings (SSSR count). The van der Waals surface area contributed by atoms with Crippen LogP contribution in [-0.4, -0.2) is 27.0 Å². The van der Waals surface area contributed by atoms with Crippen molar-refractivity contribution >= 4 is 45.7 Å². The number of nitrogens with zero attached hydrogens (tertiary/aromatic N) is 3. The maximum absolute atomic E-state index is 13.7. The van der Waals surface area contributed by atoms with Gasteiger partial charge < -0.3 is 9.84 Å². The standard InChI is InChI=1S/C37H33N3O4S2/c1-23(2)26-13-15-27(16-14-26)32-31(33(41)28-17-19-30(20-18-28)44-21-29-12-8-7-9-24(29)3)34(42)35(43)40(32)36-38-39-37(46-36)45-22-25-10-5-4-6-11-25/h4-20,23,32,41H,21-22H2,1-3H3/b33-31+. The summed E-state index contributed by atoms with van der Waals surface area (Å²) in [6.07, 6.45) is 0. The third-order valence-electron chi connectivity index (χ3n) is 7.95. The zero-order valence-electron chi connectivity index (χ0n) is 25.7. The summed E-state index contributed by atoms with van der Waals surface area (Å²) in [5, 5.41) is 20.5. The first-order chi connectivity index (χ1) is 22.3. The van der Waals surface area contributed by atoms with Crippen molar-refractivity contribution in [3.63, 3.8) is 0 Å². The van der Waals surface area contributed by atoms with Crippen LogP contribution in [0.3, 0.4) is 0 Å². The molecule has 2 heterocycles. The van der Waals surface area contributed by atoms with Crippen LogP contribution in [0.4, 0.5) is 5.13 Å². The molecule has 4 aromatic carbocycles. The van der Waals surface area contributed by atoms with E-state index in [2.05, 4.69) is 24.0 Å². The first kappa shape index (κ1) is 31.3. The Morgan fingerprint density at radius 3 is 2.30 bits per heavy atom. The summed E-state index contributed by atoms with van der Waals surface area (Å²) in [6, 6.07) is 31.8. The number of rotatable bonds is 10. The first-order valence-corrected chi connectivity index (χ1v) is 16.8. The highest BCUT2D eigenvalue weighted by Crippen LogP contribution is 2.44. The smallest absolute Gasteiger partial charge is 0.301 e. The van der Waals surface area contributed by atoms with E-state index < -0.39 is 17.7 Å². The molecule has 1 atom stereocenters. The average Bonchev–Trinajstić information content (AvgIpc) is 3.65. The number of amides is 1. The molecule has 1 aromatic heterocycles. The van der Waals surface area contributed by atoms with Crippen molar-refractivity contribution in [1.29, 1.82) is 0 Å². The van der Waals surface area contributed by atoms with E-state index in [1.54, 1.807) is 24.3 Å². The summed E-state index contributed by atoms with van der Waals surface area (Å²) in [4.78, 5) is 28.7. The van der Waals surface area contributed by atoms with E-state index in [4.69, 9.17) is 4.74 Å². The number of carbonyl (C=O) groups is 2. The van der Waals surface area contributed by atoms with Gasteiger partial charge in [0.1, 0.15) is 18.1 Å². The van der Waals surface area contributed by atoms with E-state index in [1.165, 1.54) is 28.0 Å². The maximum atomic E-state index is 13.7. The van der Waals surface area contributed by atoms with Crippen molar-refractivity contribution in [2.24, 2.45) is 0 Å². The lowest BCUT2D eigenvalue weighted by molar-refractivity contribution is -0.132. The number of benzene rings is 4. The summed E-state index contributed by atoms with van der Waals surface area (Å²) in [5.41, 5.74) is 5.58. The van der Waals surface area contributed by atoms with Gasteiger partial charge in [-0.05, 0) is 64.9 Å². The molecule has 0 aliphatic carbocycles. The van der Waals surface area contributed by atoms with E-state index in [1.807, 2.05) is 85.8 Å². The number of aryl methyl sites for hydroxylation is 1. The zero-order chi connectivity index (χ0) is 32.2. The number of hydrogen-bond acceptors (Lipinski definition) is 8. The number of Topliss-reactive ketones (excluding diaryl/α,β-unsaturated/α-hetero) is 1. The number of anilines is 1. The highest BCUT2D eigenvalue weighted by atomic mass is 32.2. The Labute approximate surface area is 276 Å². The van der Waals surface area contributed by atoms with Gasteiger partial charge in [0.15, 0.2) is 4.34 Å². The van der Waals surface area contributed by atoms with Gasteiger partial charge in [-0.15, -0.1) is 10.2 Å². The van der Waals surface area contributed by atoms with Crippen molar-refractivity contribution in [2.45, 2.75) is 49.4 Å². The number of thioether (sulfide) groups is 1. The number of hydrogen-bond donors (Lipinski definition) is 1. The third-order valence-corrected chi connectivity index (χ3v) is 10.1. The van der Waals surface area contributed by atoms with Gasteiger partial charge in [-0.25, -0.2) is 0 Å². The SMILES string of the molecule is Cc1ccccc1COc1ccc(/C(O)=C2\C(=O)C(=O)N(c3nnc(SCc4ccccc4)s3)C2c2ccc(C(C)C)cc2)cc1. The first-order valence-electron chi connectivity index (χ1n) is 15.0. The maximum Gasteiger partial charge on any atom is 0.301 e. The van der Waals surface area contributed by atoms with Crippen LogP contribution in [-0.2, 0) is 21.9 Å².